The lowest BCUT2D eigenvalue weighted by Gasteiger charge is -2.22. The highest BCUT2D eigenvalue weighted by atomic mass is 16.5. The Labute approximate surface area is 158 Å². The predicted octanol–water partition coefficient (Wildman–Crippen LogP) is 4.59. The Kier molecular flexibility index (Phi) is 4.63. The SMILES string of the molecule is Cc1c(C(=O)OCc2ccccc2)[nH]c2c1C(=O)C[C@@H](c1ccccc1)C2. The number of rotatable bonds is 4. The molecule has 1 N–H and O–H groups in total. The molecule has 27 heavy (non-hydrogen) atoms. The number of hydrogen-bond acceptors (Lipinski definition) is 3. The molecule has 2 aromatic carbocycles. The van der Waals surface area contributed by atoms with Gasteiger partial charge in [-0.3, -0.25) is 4.79 Å². The fraction of sp³-hybridized carbons (Fsp3) is 0.217. The molecule has 4 rings (SSSR count). The number of ketones is 1. The van der Waals surface area contributed by atoms with E-state index in [2.05, 4.69) is 4.98 Å². The van der Waals surface area contributed by atoms with Gasteiger partial charge in [-0.2, -0.15) is 0 Å². The number of carbonyl (C=O) groups excluding carboxylic acids is 2. The van der Waals surface area contributed by atoms with Crippen LogP contribution in [0.3, 0.4) is 0 Å². The van der Waals surface area contributed by atoms with Crippen LogP contribution < -0.4 is 0 Å². The molecule has 1 aliphatic rings. The highest BCUT2D eigenvalue weighted by molar-refractivity contribution is 6.03. The van der Waals surface area contributed by atoms with Crippen LogP contribution in [-0.4, -0.2) is 16.7 Å². The minimum Gasteiger partial charge on any atom is -0.456 e. The first-order valence-corrected chi connectivity index (χ1v) is 9.14. The molecule has 0 fully saturated rings. The summed E-state index contributed by atoms with van der Waals surface area (Å²) in [6.07, 6.45) is 1.19. The zero-order valence-corrected chi connectivity index (χ0v) is 15.2. The molecule has 0 spiro atoms. The standard InChI is InChI=1S/C23H21NO3/c1-15-21-19(12-18(13-20(21)25)17-10-6-3-7-11-17)24-22(15)23(26)27-14-16-8-4-2-5-9-16/h2-11,18,24H,12-14H2,1H3/t18-/m0/s1. The van der Waals surface area contributed by atoms with Crippen molar-refractivity contribution in [2.45, 2.75) is 32.3 Å². The predicted molar refractivity (Wildman–Crippen MR) is 103 cm³/mol. The Morgan fingerprint density at radius 3 is 2.41 bits per heavy atom. The summed E-state index contributed by atoms with van der Waals surface area (Å²) in [5.41, 5.74) is 4.66. The maximum atomic E-state index is 12.7. The van der Waals surface area contributed by atoms with E-state index in [1.54, 1.807) is 0 Å². The number of nitrogens with one attached hydrogen (secondary N) is 1. The van der Waals surface area contributed by atoms with Crippen molar-refractivity contribution in [3.63, 3.8) is 0 Å². The number of esters is 1. The van der Waals surface area contributed by atoms with Gasteiger partial charge in [0.15, 0.2) is 5.78 Å². The second kappa shape index (κ2) is 7.23. The molecule has 3 aromatic rings. The number of benzene rings is 2. The molecule has 0 bridgehead atoms. The zero-order valence-electron chi connectivity index (χ0n) is 15.2. The van der Waals surface area contributed by atoms with Crippen molar-refractivity contribution in [1.82, 2.24) is 4.98 Å². The zero-order chi connectivity index (χ0) is 18.8. The summed E-state index contributed by atoms with van der Waals surface area (Å²) in [5.74, 6) is -0.201. The minimum absolute atomic E-state index is 0.0842. The van der Waals surface area contributed by atoms with E-state index in [9.17, 15) is 9.59 Å². The van der Waals surface area contributed by atoms with Gasteiger partial charge >= 0.3 is 5.97 Å². The molecule has 1 aromatic heterocycles. The first kappa shape index (κ1) is 17.3. The summed E-state index contributed by atoms with van der Waals surface area (Å²) >= 11 is 0. The van der Waals surface area contributed by atoms with Gasteiger partial charge in [0.1, 0.15) is 12.3 Å². The molecular weight excluding hydrogens is 338 g/mol. The van der Waals surface area contributed by atoms with Crippen molar-refractivity contribution in [2.75, 3.05) is 0 Å². The van der Waals surface area contributed by atoms with Crippen LogP contribution in [0, 0.1) is 6.92 Å². The fourth-order valence-corrected chi connectivity index (χ4v) is 3.79. The number of fused-ring (bicyclic) bond motifs is 1. The average molecular weight is 359 g/mol. The number of H-pyrrole nitrogens is 1. The largest absolute Gasteiger partial charge is 0.456 e. The molecule has 0 amide bonds. The van der Waals surface area contributed by atoms with Gasteiger partial charge in [-0.05, 0) is 36.0 Å². The van der Waals surface area contributed by atoms with Crippen molar-refractivity contribution in [2.24, 2.45) is 0 Å². The first-order valence-electron chi connectivity index (χ1n) is 9.14. The number of aromatic nitrogens is 1. The second-order valence-corrected chi connectivity index (χ2v) is 6.98. The molecular formula is C23H21NO3. The normalized spacial score (nSPS) is 16.0. The number of hydrogen-bond donors (Lipinski definition) is 1. The Hall–Kier alpha value is -3.14. The summed E-state index contributed by atoms with van der Waals surface area (Å²) in [5, 5.41) is 0. The van der Waals surface area contributed by atoms with Crippen LogP contribution in [0.15, 0.2) is 60.7 Å². The van der Waals surface area contributed by atoms with Crippen molar-refractivity contribution in [1.29, 1.82) is 0 Å². The van der Waals surface area contributed by atoms with Crippen LogP contribution >= 0.6 is 0 Å². The molecule has 4 nitrogen and oxygen atoms in total. The monoisotopic (exact) mass is 359 g/mol. The van der Waals surface area contributed by atoms with E-state index in [1.165, 1.54) is 0 Å². The van der Waals surface area contributed by atoms with Crippen LogP contribution in [-0.2, 0) is 17.8 Å². The number of ether oxygens (including phenoxy) is 1. The second-order valence-electron chi connectivity index (χ2n) is 6.98. The highest BCUT2D eigenvalue weighted by Gasteiger charge is 2.32. The lowest BCUT2D eigenvalue weighted by Crippen LogP contribution is -2.18. The van der Waals surface area contributed by atoms with Gasteiger partial charge in [0.2, 0.25) is 0 Å². The first-order chi connectivity index (χ1) is 13.1. The van der Waals surface area contributed by atoms with E-state index in [4.69, 9.17) is 4.74 Å². The molecule has 1 aliphatic carbocycles. The van der Waals surface area contributed by atoms with Crippen molar-refractivity contribution < 1.29 is 14.3 Å². The van der Waals surface area contributed by atoms with E-state index in [0.717, 1.165) is 23.2 Å². The Bertz CT molecular complexity index is 974. The molecule has 0 radical (unpaired) electrons. The molecule has 0 saturated heterocycles. The quantitative estimate of drug-likeness (QED) is 0.693. The minimum atomic E-state index is -0.421. The van der Waals surface area contributed by atoms with Gasteiger partial charge in [-0.25, -0.2) is 4.79 Å². The number of aromatic amines is 1. The lowest BCUT2D eigenvalue weighted by atomic mass is 9.81. The highest BCUT2D eigenvalue weighted by Crippen LogP contribution is 2.35. The third-order valence-corrected chi connectivity index (χ3v) is 5.18. The van der Waals surface area contributed by atoms with E-state index in [-0.39, 0.29) is 18.3 Å². The van der Waals surface area contributed by atoms with Crippen LogP contribution in [0.1, 0.15) is 55.6 Å². The van der Waals surface area contributed by atoms with Crippen LogP contribution in [0.5, 0.6) is 0 Å². The molecule has 0 saturated carbocycles. The van der Waals surface area contributed by atoms with E-state index >= 15 is 0 Å². The average Bonchev–Trinajstić information content (AvgIpc) is 3.04. The molecule has 136 valence electrons. The third-order valence-electron chi connectivity index (χ3n) is 5.18. The molecule has 4 heteroatoms. The summed E-state index contributed by atoms with van der Waals surface area (Å²) in [7, 11) is 0. The topological polar surface area (TPSA) is 59.2 Å². The van der Waals surface area contributed by atoms with Crippen molar-refractivity contribution in [3.8, 4) is 0 Å². The maximum absolute atomic E-state index is 12.7. The fourth-order valence-electron chi connectivity index (χ4n) is 3.79. The van der Waals surface area contributed by atoms with Crippen LogP contribution in [0.25, 0.3) is 0 Å². The van der Waals surface area contributed by atoms with Gasteiger partial charge in [0.25, 0.3) is 0 Å². The summed E-state index contributed by atoms with van der Waals surface area (Å²) < 4.78 is 5.44. The van der Waals surface area contributed by atoms with E-state index in [1.807, 2.05) is 67.6 Å². The Morgan fingerprint density at radius 2 is 1.70 bits per heavy atom. The van der Waals surface area contributed by atoms with Crippen molar-refractivity contribution >= 4 is 11.8 Å². The van der Waals surface area contributed by atoms with Gasteiger partial charge in [-0.1, -0.05) is 60.7 Å². The van der Waals surface area contributed by atoms with Gasteiger partial charge < -0.3 is 9.72 Å². The van der Waals surface area contributed by atoms with Gasteiger partial charge in [-0.15, -0.1) is 0 Å². The molecule has 1 atom stereocenters. The molecule has 0 unspecified atom stereocenters. The van der Waals surface area contributed by atoms with Gasteiger partial charge in [0.05, 0.1) is 0 Å². The molecule has 1 heterocycles. The summed E-state index contributed by atoms with van der Waals surface area (Å²) in [4.78, 5) is 28.5. The van der Waals surface area contributed by atoms with Crippen LogP contribution in [0.2, 0.25) is 0 Å². The maximum Gasteiger partial charge on any atom is 0.355 e. The van der Waals surface area contributed by atoms with Crippen molar-refractivity contribution in [3.05, 3.63) is 94.3 Å². The van der Waals surface area contributed by atoms with Crippen LogP contribution in [0.4, 0.5) is 0 Å². The lowest BCUT2D eigenvalue weighted by molar-refractivity contribution is 0.0465. The third kappa shape index (κ3) is 3.43. The summed E-state index contributed by atoms with van der Waals surface area (Å²) in [6.45, 7) is 2.03. The number of Topliss-reactive ketones (excluding diaryl/α,β-unsaturated/α-hetero) is 1. The Morgan fingerprint density at radius 1 is 1.04 bits per heavy atom. The smallest absolute Gasteiger partial charge is 0.355 e. The van der Waals surface area contributed by atoms with Gasteiger partial charge in [0, 0.05) is 17.7 Å². The summed E-state index contributed by atoms with van der Waals surface area (Å²) in [6, 6.07) is 19.6. The van der Waals surface area contributed by atoms with E-state index < -0.39 is 5.97 Å². The molecule has 0 aliphatic heterocycles. The van der Waals surface area contributed by atoms with E-state index in [0.29, 0.717) is 23.2 Å². The Balaban J connectivity index is 1.55. The number of carbonyl (C=O) groups is 2.